The Balaban J connectivity index is 1.88. The third-order valence-corrected chi connectivity index (χ3v) is 5.28. The van der Waals surface area contributed by atoms with Crippen LogP contribution in [0.1, 0.15) is 27.2 Å². The first-order valence-corrected chi connectivity index (χ1v) is 9.33. The number of methoxy groups -OCH3 is 2. The second kappa shape index (κ2) is 6.92. The number of benzene rings is 2. The Morgan fingerprint density at radius 1 is 1.15 bits per heavy atom. The van der Waals surface area contributed by atoms with Gasteiger partial charge in [-0.05, 0) is 31.2 Å². The van der Waals surface area contributed by atoms with Crippen LogP contribution in [0.5, 0.6) is 11.5 Å². The summed E-state index contributed by atoms with van der Waals surface area (Å²) < 4.78 is 10.8. The summed E-state index contributed by atoms with van der Waals surface area (Å²) in [5, 5.41) is 6.36. The number of amides is 1. The molecule has 2 aromatic carbocycles. The number of fused-ring (bicyclic) bond motifs is 1. The second-order valence-corrected chi connectivity index (χ2v) is 7.16. The van der Waals surface area contributed by atoms with Gasteiger partial charge in [0.2, 0.25) is 0 Å². The van der Waals surface area contributed by atoms with Gasteiger partial charge in [0.1, 0.15) is 11.5 Å². The summed E-state index contributed by atoms with van der Waals surface area (Å²) >= 11 is 1.55. The van der Waals surface area contributed by atoms with Crippen molar-refractivity contribution in [2.75, 3.05) is 24.4 Å². The van der Waals surface area contributed by atoms with Crippen LogP contribution < -0.4 is 19.7 Å². The van der Waals surface area contributed by atoms with Crippen molar-refractivity contribution < 1.29 is 14.3 Å². The third-order valence-electron chi connectivity index (χ3n) is 4.49. The van der Waals surface area contributed by atoms with Crippen molar-refractivity contribution in [1.29, 1.82) is 0 Å². The van der Waals surface area contributed by atoms with Crippen molar-refractivity contribution >= 4 is 28.6 Å². The molecule has 0 fully saturated rings. The van der Waals surface area contributed by atoms with Gasteiger partial charge in [-0.25, -0.2) is 4.98 Å². The van der Waals surface area contributed by atoms with Gasteiger partial charge in [0.15, 0.2) is 6.17 Å². The van der Waals surface area contributed by atoms with Crippen LogP contribution in [0.2, 0.25) is 0 Å². The van der Waals surface area contributed by atoms with Gasteiger partial charge in [-0.2, -0.15) is 0 Å². The van der Waals surface area contributed by atoms with Gasteiger partial charge in [0.25, 0.3) is 5.91 Å². The van der Waals surface area contributed by atoms with Gasteiger partial charge in [-0.1, -0.05) is 12.1 Å². The van der Waals surface area contributed by atoms with Crippen molar-refractivity contribution in [3.63, 3.8) is 0 Å². The van der Waals surface area contributed by atoms with E-state index in [1.807, 2.05) is 48.7 Å². The molecule has 1 unspecified atom stereocenters. The predicted molar refractivity (Wildman–Crippen MR) is 106 cm³/mol. The van der Waals surface area contributed by atoms with Crippen LogP contribution in [-0.2, 0) is 0 Å². The fraction of sp³-hybridized carbons (Fsp3) is 0.200. The predicted octanol–water partition coefficient (Wildman–Crippen LogP) is 4.24. The number of hydrogen-bond donors (Lipinski definition) is 1. The number of thiazole rings is 1. The summed E-state index contributed by atoms with van der Waals surface area (Å²) in [7, 11) is 3.18. The number of nitrogens with zero attached hydrogens (tertiary/aromatic N) is 2. The lowest BCUT2D eigenvalue weighted by atomic mass is 10.0. The number of rotatable bonds is 4. The van der Waals surface area contributed by atoms with Crippen LogP contribution in [-0.4, -0.2) is 25.1 Å². The molecule has 1 aromatic heterocycles. The SMILES string of the molecule is COc1ccc(N2C(=O)c3ccccc3NC2c2csc(C)n2)c(OC)c1. The van der Waals surface area contributed by atoms with E-state index in [-0.39, 0.29) is 5.91 Å². The molecule has 0 spiro atoms. The average Bonchev–Trinajstić information content (AvgIpc) is 3.14. The quantitative estimate of drug-likeness (QED) is 0.732. The second-order valence-electron chi connectivity index (χ2n) is 6.10. The molecular formula is C20H19N3O3S. The normalized spacial score (nSPS) is 15.9. The lowest BCUT2D eigenvalue weighted by Gasteiger charge is -2.37. The first kappa shape index (κ1) is 17.4. The maximum Gasteiger partial charge on any atom is 0.262 e. The highest BCUT2D eigenvalue weighted by Crippen LogP contribution is 2.41. The molecule has 0 aliphatic carbocycles. The van der Waals surface area contributed by atoms with E-state index in [4.69, 9.17) is 9.47 Å². The zero-order valence-corrected chi connectivity index (χ0v) is 16.0. The minimum atomic E-state index is -0.431. The van der Waals surface area contributed by atoms with Gasteiger partial charge in [0.05, 0.1) is 36.2 Å². The molecule has 3 aromatic rings. The summed E-state index contributed by atoms with van der Waals surface area (Å²) in [6, 6.07) is 12.9. The highest BCUT2D eigenvalue weighted by atomic mass is 32.1. The number of anilines is 2. The third kappa shape index (κ3) is 3.00. The maximum absolute atomic E-state index is 13.4. The van der Waals surface area contributed by atoms with Gasteiger partial charge >= 0.3 is 0 Å². The lowest BCUT2D eigenvalue weighted by Crippen LogP contribution is -2.43. The molecule has 7 heteroatoms. The van der Waals surface area contributed by atoms with E-state index in [2.05, 4.69) is 10.3 Å². The largest absolute Gasteiger partial charge is 0.497 e. The monoisotopic (exact) mass is 381 g/mol. The Bertz CT molecular complexity index is 1000. The number of hydrogen-bond acceptors (Lipinski definition) is 6. The maximum atomic E-state index is 13.4. The molecule has 1 atom stereocenters. The van der Waals surface area contributed by atoms with Crippen LogP contribution in [0.15, 0.2) is 47.8 Å². The van der Waals surface area contributed by atoms with Gasteiger partial charge in [-0.15, -0.1) is 11.3 Å². The zero-order chi connectivity index (χ0) is 19.0. The number of nitrogens with one attached hydrogen (secondary N) is 1. The molecular weight excluding hydrogens is 362 g/mol. The van der Waals surface area contributed by atoms with E-state index in [0.717, 1.165) is 16.4 Å². The number of para-hydroxylation sites is 1. The van der Waals surface area contributed by atoms with E-state index in [0.29, 0.717) is 22.7 Å². The number of carbonyl (C=O) groups excluding carboxylic acids is 1. The summed E-state index contributed by atoms with van der Waals surface area (Å²) in [6.07, 6.45) is -0.431. The van der Waals surface area contributed by atoms with Crippen molar-refractivity contribution in [1.82, 2.24) is 4.98 Å². The molecule has 0 bridgehead atoms. The van der Waals surface area contributed by atoms with E-state index < -0.39 is 6.17 Å². The Morgan fingerprint density at radius 3 is 2.67 bits per heavy atom. The fourth-order valence-corrected chi connectivity index (χ4v) is 3.83. The topological polar surface area (TPSA) is 63.7 Å². The molecule has 0 saturated carbocycles. The summed E-state index contributed by atoms with van der Waals surface area (Å²) in [4.78, 5) is 19.7. The molecule has 1 amide bonds. The van der Waals surface area contributed by atoms with Crippen molar-refractivity contribution in [3.8, 4) is 11.5 Å². The first-order valence-electron chi connectivity index (χ1n) is 8.45. The van der Waals surface area contributed by atoms with Crippen LogP contribution in [0.25, 0.3) is 0 Å². The molecule has 1 N–H and O–H groups in total. The van der Waals surface area contributed by atoms with Crippen molar-refractivity contribution in [3.05, 3.63) is 64.1 Å². The molecule has 0 saturated heterocycles. The van der Waals surface area contributed by atoms with Crippen molar-refractivity contribution in [2.24, 2.45) is 0 Å². The molecule has 4 rings (SSSR count). The van der Waals surface area contributed by atoms with Crippen LogP contribution in [0.3, 0.4) is 0 Å². The number of ether oxygens (including phenoxy) is 2. The van der Waals surface area contributed by atoms with Crippen LogP contribution in [0.4, 0.5) is 11.4 Å². The molecule has 27 heavy (non-hydrogen) atoms. The van der Waals surface area contributed by atoms with E-state index in [1.54, 1.807) is 36.5 Å². The van der Waals surface area contributed by atoms with Gasteiger partial charge < -0.3 is 14.8 Å². The zero-order valence-electron chi connectivity index (χ0n) is 15.2. The first-order chi connectivity index (χ1) is 13.1. The highest BCUT2D eigenvalue weighted by molar-refractivity contribution is 7.09. The molecule has 2 heterocycles. The number of aryl methyl sites for hydroxylation is 1. The molecule has 1 aliphatic heterocycles. The Kier molecular flexibility index (Phi) is 4.45. The smallest absolute Gasteiger partial charge is 0.262 e. The summed E-state index contributed by atoms with van der Waals surface area (Å²) in [5.41, 5.74) is 2.85. The highest BCUT2D eigenvalue weighted by Gasteiger charge is 2.36. The van der Waals surface area contributed by atoms with Gasteiger partial charge in [0, 0.05) is 17.1 Å². The fourth-order valence-electron chi connectivity index (χ4n) is 3.20. The van der Waals surface area contributed by atoms with Crippen LogP contribution in [0, 0.1) is 6.92 Å². The molecule has 1 aliphatic rings. The summed E-state index contributed by atoms with van der Waals surface area (Å²) in [5.74, 6) is 1.11. The van der Waals surface area contributed by atoms with E-state index in [9.17, 15) is 4.79 Å². The van der Waals surface area contributed by atoms with Crippen molar-refractivity contribution in [2.45, 2.75) is 13.1 Å². The Labute approximate surface area is 161 Å². The molecule has 0 radical (unpaired) electrons. The number of carbonyl (C=O) groups is 1. The van der Waals surface area contributed by atoms with E-state index in [1.165, 1.54) is 0 Å². The van der Waals surface area contributed by atoms with E-state index >= 15 is 0 Å². The molecule has 138 valence electrons. The number of aromatic nitrogens is 1. The average molecular weight is 381 g/mol. The summed E-state index contributed by atoms with van der Waals surface area (Å²) in [6.45, 7) is 1.95. The minimum absolute atomic E-state index is 0.108. The standard InChI is InChI=1S/C20H19N3O3S/c1-12-21-16(11-27-12)19-22-15-7-5-4-6-14(15)20(24)23(19)17-9-8-13(25-2)10-18(17)26-3/h4-11,19,22H,1-3H3. The van der Waals surface area contributed by atoms with Crippen LogP contribution >= 0.6 is 11.3 Å². The molecule has 6 nitrogen and oxygen atoms in total. The lowest BCUT2D eigenvalue weighted by molar-refractivity contribution is 0.0973. The Hall–Kier alpha value is -3.06. The van der Waals surface area contributed by atoms with Gasteiger partial charge in [-0.3, -0.25) is 9.69 Å². The minimum Gasteiger partial charge on any atom is -0.497 e. The Morgan fingerprint density at radius 2 is 1.96 bits per heavy atom.